The first-order valence-electron chi connectivity index (χ1n) is 7.00. The molecule has 1 aliphatic carbocycles. The van der Waals surface area contributed by atoms with Crippen molar-refractivity contribution < 1.29 is 4.74 Å². The topological polar surface area (TPSA) is 9.23 Å². The van der Waals surface area contributed by atoms with E-state index in [9.17, 15) is 0 Å². The standard InChI is InChI=1S/C17H24O/c1-17(2,3)18-16-13-9-5-8-12-15(16)14-10-6-4-7-11-14/h4,6-7,10-11,13,15H,5,8-9,12H2,1-3H3. The van der Waals surface area contributed by atoms with E-state index < -0.39 is 0 Å². The minimum atomic E-state index is -0.108. The zero-order chi connectivity index (χ0) is 13.0. The van der Waals surface area contributed by atoms with E-state index in [1.54, 1.807) is 0 Å². The van der Waals surface area contributed by atoms with E-state index in [2.05, 4.69) is 57.2 Å². The van der Waals surface area contributed by atoms with Crippen LogP contribution in [-0.4, -0.2) is 5.60 Å². The van der Waals surface area contributed by atoms with Crippen molar-refractivity contribution >= 4 is 0 Å². The average molecular weight is 244 g/mol. The quantitative estimate of drug-likeness (QED) is 0.708. The Balaban J connectivity index is 2.24. The summed E-state index contributed by atoms with van der Waals surface area (Å²) in [5.74, 6) is 1.61. The highest BCUT2D eigenvalue weighted by Crippen LogP contribution is 2.35. The van der Waals surface area contributed by atoms with Gasteiger partial charge in [-0.1, -0.05) is 36.8 Å². The fraction of sp³-hybridized carbons (Fsp3) is 0.529. The molecule has 1 aromatic carbocycles. The van der Waals surface area contributed by atoms with Crippen LogP contribution in [0.5, 0.6) is 0 Å². The van der Waals surface area contributed by atoms with Gasteiger partial charge in [-0.25, -0.2) is 0 Å². The van der Waals surface area contributed by atoms with E-state index in [1.807, 2.05) is 0 Å². The first kappa shape index (κ1) is 13.2. The average Bonchev–Trinajstić information content (AvgIpc) is 2.53. The highest BCUT2D eigenvalue weighted by molar-refractivity contribution is 5.27. The number of hydrogen-bond donors (Lipinski definition) is 0. The largest absolute Gasteiger partial charge is 0.492 e. The molecule has 18 heavy (non-hydrogen) atoms. The lowest BCUT2D eigenvalue weighted by Gasteiger charge is -2.28. The molecule has 98 valence electrons. The maximum absolute atomic E-state index is 6.19. The third-order valence-corrected chi connectivity index (χ3v) is 3.26. The highest BCUT2D eigenvalue weighted by atomic mass is 16.5. The molecule has 0 spiro atoms. The summed E-state index contributed by atoms with van der Waals surface area (Å²) < 4.78 is 6.19. The third-order valence-electron chi connectivity index (χ3n) is 3.26. The molecule has 0 aromatic heterocycles. The van der Waals surface area contributed by atoms with E-state index in [-0.39, 0.29) is 5.60 Å². The molecule has 0 aliphatic heterocycles. The first-order valence-corrected chi connectivity index (χ1v) is 7.00. The van der Waals surface area contributed by atoms with Crippen molar-refractivity contribution in [2.75, 3.05) is 0 Å². The summed E-state index contributed by atoms with van der Waals surface area (Å²) in [6.45, 7) is 6.38. The monoisotopic (exact) mass is 244 g/mol. The summed E-state index contributed by atoms with van der Waals surface area (Å²) in [6.07, 6.45) is 7.21. The van der Waals surface area contributed by atoms with Gasteiger partial charge in [0.2, 0.25) is 0 Å². The molecule has 0 radical (unpaired) electrons. The molecule has 0 saturated heterocycles. The Hall–Kier alpha value is -1.24. The minimum Gasteiger partial charge on any atom is -0.492 e. The zero-order valence-electron chi connectivity index (χ0n) is 11.8. The summed E-state index contributed by atoms with van der Waals surface area (Å²) in [7, 11) is 0. The van der Waals surface area contributed by atoms with Crippen molar-refractivity contribution in [3.63, 3.8) is 0 Å². The van der Waals surface area contributed by atoms with Crippen molar-refractivity contribution in [2.24, 2.45) is 0 Å². The van der Waals surface area contributed by atoms with Gasteiger partial charge in [-0.2, -0.15) is 0 Å². The van der Waals surface area contributed by atoms with Gasteiger partial charge in [-0.15, -0.1) is 0 Å². The van der Waals surface area contributed by atoms with Crippen LogP contribution >= 0.6 is 0 Å². The molecule has 0 N–H and O–H groups in total. The van der Waals surface area contributed by atoms with Crippen LogP contribution in [0, 0.1) is 0 Å². The van der Waals surface area contributed by atoms with Crippen molar-refractivity contribution in [1.82, 2.24) is 0 Å². The SMILES string of the molecule is CC(C)(C)OC1=CCCCCC1c1ccccc1. The minimum absolute atomic E-state index is 0.108. The lowest BCUT2D eigenvalue weighted by molar-refractivity contribution is 0.0413. The molecular weight excluding hydrogens is 220 g/mol. The molecule has 0 bridgehead atoms. The lowest BCUT2D eigenvalue weighted by atomic mass is 9.93. The van der Waals surface area contributed by atoms with E-state index in [1.165, 1.54) is 30.6 Å². The van der Waals surface area contributed by atoms with E-state index in [0.29, 0.717) is 5.92 Å². The molecular formula is C17H24O. The van der Waals surface area contributed by atoms with Gasteiger partial charge in [0.05, 0.1) is 0 Å². The van der Waals surface area contributed by atoms with Gasteiger partial charge in [-0.05, 0) is 51.7 Å². The van der Waals surface area contributed by atoms with Crippen LogP contribution in [0.3, 0.4) is 0 Å². The number of hydrogen-bond acceptors (Lipinski definition) is 1. The first-order chi connectivity index (χ1) is 8.56. The van der Waals surface area contributed by atoms with E-state index in [0.717, 1.165) is 6.42 Å². The molecule has 1 aromatic rings. The normalized spacial score (nSPS) is 21.1. The predicted octanol–water partition coefficient (Wildman–Crippen LogP) is 5.04. The fourth-order valence-electron chi connectivity index (χ4n) is 2.50. The van der Waals surface area contributed by atoms with Gasteiger partial charge in [0.15, 0.2) is 0 Å². The van der Waals surface area contributed by atoms with Gasteiger partial charge >= 0.3 is 0 Å². The predicted molar refractivity (Wildman–Crippen MR) is 76.6 cm³/mol. The van der Waals surface area contributed by atoms with Crippen molar-refractivity contribution in [3.05, 3.63) is 47.7 Å². The zero-order valence-corrected chi connectivity index (χ0v) is 11.8. The van der Waals surface area contributed by atoms with Crippen LogP contribution in [0.15, 0.2) is 42.2 Å². The van der Waals surface area contributed by atoms with E-state index >= 15 is 0 Å². The number of benzene rings is 1. The Bertz CT molecular complexity index is 397. The Kier molecular flexibility index (Phi) is 4.11. The van der Waals surface area contributed by atoms with Crippen molar-refractivity contribution in [2.45, 2.75) is 58.0 Å². The molecule has 0 amide bonds. The molecule has 1 atom stereocenters. The second-order valence-electron chi connectivity index (χ2n) is 6.07. The second kappa shape index (κ2) is 5.60. The van der Waals surface area contributed by atoms with Crippen molar-refractivity contribution in [3.8, 4) is 0 Å². The van der Waals surface area contributed by atoms with Crippen molar-refractivity contribution in [1.29, 1.82) is 0 Å². The Labute approximate surface area is 111 Å². The Morgan fingerprint density at radius 2 is 1.78 bits per heavy atom. The third kappa shape index (κ3) is 3.63. The summed E-state index contributed by atoms with van der Waals surface area (Å²) in [4.78, 5) is 0. The fourth-order valence-corrected chi connectivity index (χ4v) is 2.50. The molecule has 1 aliphatic rings. The summed E-state index contributed by atoms with van der Waals surface area (Å²) in [5, 5.41) is 0. The van der Waals surface area contributed by atoms with Crippen LogP contribution in [0.2, 0.25) is 0 Å². The summed E-state index contributed by atoms with van der Waals surface area (Å²) in [5.41, 5.74) is 1.28. The van der Waals surface area contributed by atoms with Gasteiger partial charge < -0.3 is 4.74 Å². The second-order valence-corrected chi connectivity index (χ2v) is 6.07. The Morgan fingerprint density at radius 3 is 2.44 bits per heavy atom. The van der Waals surface area contributed by atoms with Gasteiger partial charge in [-0.3, -0.25) is 0 Å². The van der Waals surface area contributed by atoms with Gasteiger partial charge in [0.25, 0.3) is 0 Å². The number of ether oxygens (including phenoxy) is 1. The highest BCUT2D eigenvalue weighted by Gasteiger charge is 2.23. The summed E-state index contributed by atoms with van der Waals surface area (Å²) >= 11 is 0. The molecule has 0 saturated carbocycles. The maximum Gasteiger partial charge on any atom is 0.100 e. The van der Waals surface area contributed by atoms with Crippen LogP contribution < -0.4 is 0 Å². The lowest BCUT2D eigenvalue weighted by Crippen LogP contribution is -2.21. The van der Waals surface area contributed by atoms with Crippen LogP contribution in [0.25, 0.3) is 0 Å². The molecule has 0 fully saturated rings. The van der Waals surface area contributed by atoms with Crippen LogP contribution in [0.1, 0.15) is 57.9 Å². The number of rotatable bonds is 2. The Morgan fingerprint density at radius 1 is 1.06 bits per heavy atom. The molecule has 2 rings (SSSR count). The van der Waals surface area contributed by atoms with Gasteiger partial charge in [0.1, 0.15) is 11.4 Å². The molecule has 1 heteroatoms. The number of allylic oxidation sites excluding steroid dienone is 2. The maximum atomic E-state index is 6.19. The summed E-state index contributed by atoms with van der Waals surface area (Å²) in [6, 6.07) is 10.8. The molecule has 1 nitrogen and oxygen atoms in total. The van der Waals surface area contributed by atoms with Crippen LogP contribution in [-0.2, 0) is 4.74 Å². The molecule has 1 unspecified atom stereocenters. The van der Waals surface area contributed by atoms with Gasteiger partial charge in [0, 0.05) is 5.92 Å². The molecule has 0 heterocycles. The van der Waals surface area contributed by atoms with E-state index in [4.69, 9.17) is 4.74 Å². The smallest absolute Gasteiger partial charge is 0.100 e. The van der Waals surface area contributed by atoms with Crippen LogP contribution in [0.4, 0.5) is 0 Å².